The number of hydrogen-bond donors (Lipinski definition) is 1. The van der Waals surface area contributed by atoms with Crippen LogP contribution in [0.2, 0.25) is 0 Å². The molecule has 1 nitrogen and oxygen atoms in total. The van der Waals surface area contributed by atoms with Crippen molar-refractivity contribution in [3.63, 3.8) is 0 Å². The summed E-state index contributed by atoms with van der Waals surface area (Å²) in [5.74, 6) is 0.589. The summed E-state index contributed by atoms with van der Waals surface area (Å²) in [4.78, 5) is 0. The van der Waals surface area contributed by atoms with Crippen LogP contribution in [0.1, 0.15) is 6.42 Å². The Hall–Kier alpha value is 0.170. The Balaban J connectivity index is 3.16. The van der Waals surface area contributed by atoms with Crippen LogP contribution in [0.3, 0.4) is 0 Å². The van der Waals surface area contributed by atoms with Gasteiger partial charge in [-0.25, -0.2) is 8.78 Å². The summed E-state index contributed by atoms with van der Waals surface area (Å²) in [6, 6.07) is 0. The van der Waals surface area contributed by atoms with Crippen LogP contribution in [0, 0.1) is 0 Å². The summed E-state index contributed by atoms with van der Waals surface area (Å²) in [7, 11) is 0. The van der Waals surface area contributed by atoms with Crippen molar-refractivity contribution in [1.29, 1.82) is 0 Å². The lowest BCUT2D eigenvalue weighted by Crippen LogP contribution is -2.17. The van der Waals surface area contributed by atoms with Gasteiger partial charge in [0, 0.05) is 0 Å². The van der Waals surface area contributed by atoms with Gasteiger partial charge in [-0.1, -0.05) is 0 Å². The maximum atomic E-state index is 11.5. The van der Waals surface area contributed by atoms with E-state index in [1.54, 1.807) is 0 Å². The highest BCUT2D eigenvalue weighted by Crippen LogP contribution is 2.07. The van der Waals surface area contributed by atoms with E-state index in [1.165, 1.54) is 11.8 Å². The van der Waals surface area contributed by atoms with E-state index >= 15 is 0 Å². The van der Waals surface area contributed by atoms with E-state index in [0.29, 0.717) is 5.75 Å². The van der Waals surface area contributed by atoms with Crippen LogP contribution in [0.15, 0.2) is 0 Å². The minimum atomic E-state index is -2.59. The molecule has 0 aliphatic rings. The Morgan fingerprint density at radius 1 is 1.56 bits per heavy atom. The van der Waals surface area contributed by atoms with Gasteiger partial charge in [-0.2, -0.15) is 11.8 Å². The molecule has 0 aliphatic heterocycles. The topological polar surface area (TPSA) is 20.2 Å². The number of thioether (sulfide) groups is 1. The molecule has 0 aromatic heterocycles. The molecule has 1 atom stereocenters. The van der Waals surface area contributed by atoms with E-state index in [-0.39, 0.29) is 6.42 Å². The lowest BCUT2D eigenvalue weighted by Gasteiger charge is -2.06. The summed E-state index contributed by atoms with van der Waals surface area (Å²) < 4.78 is 23.0. The second-order valence-electron chi connectivity index (χ2n) is 1.68. The van der Waals surface area contributed by atoms with Crippen molar-refractivity contribution in [1.82, 2.24) is 0 Å². The molecule has 0 saturated heterocycles. The third kappa shape index (κ3) is 4.66. The summed E-state index contributed by atoms with van der Waals surface area (Å²) in [5.41, 5.74) is 0. The van der Waals surface area contributed by atoms with Gasteiger partial charge < -0.3 is 5.11 Å². The predicted octanol–water partition coefficient (Wildman–Crippen LogP) is 1.37. The fraction of sp³-hybridized carbons (Fsp3) is 1.00. The molecule has 0 radical (unpaired) electrons. The fourth-order valence-corrected chi connectivity index (χ4v) is 0.842. The van der Waals surface area contributed by atoms with E-state index in [0.717, 1.165) is 0 Å². The average molecular weight is 156 g/mol. The summed E-state index contributed by atoms with van der Waals surface area (Å²) >= 11 is 1.45. The summed E-state index contributed by atoms with van der Waals surface area (Å²) in [6.45, 7) is 0. The van der Waals surface area contributed by atoms with Gasteiger partial charge in [0.1, 0.15) is 6.10 Å². The Kier molecular flexibility index (Phi) is 5.09. The van der Waals surface area contributed by atoms with Gasteiger partial charge >= 0.3 is 0 Å². The van der Waals surface area contributed by atoms with Gasteiger partial charge in [0.15, 0.2) is 0 Å². The van der Waals surface area contributed by atoms with Crippen molar-refractivity contribution in [2.75, 3.05) is 12.0 Å². The van der Waals surface area contributed by atoms with Crippen molar-refractivity contribution < 1.29 is 13.9 Å². The van der Waals surface area contributed by atoms with Gasteiger partial charge in [-0.15, -0.1) is 0 Å². The first kappa shape index (κ1) is 9.17. The first-order valence-electron chi connectivity index (χ1n) is 2.63. The Bertz CT molecular complexity index is 70.0. The van der Waals surface area contributed by atoms with E-state index < -0.39 is 12.5 Å². The molecule has 0 aliphatic carbocycles. The van der Waals surface area contributed by atoms with E-state index in [9.17, 15) is 8.78 Å². The van der Waals surface area contributed by atoms with Crippen LogP contribution < -0.4 is 0 Å². The number of halogens is 2. The Morgan fingerprint density at radius 3 is 2.44 bits per heavy atom. The maximum Gasteiger partial charge on any atom is 0.264 e. The van der Waals surface area contributed by atoms with Crippen molar-refractivity contribution in [2.45, 2.75) is 19.0 Å². The zero-order valence-corrected chi connectivity index (χ0v) is 6.00. The molecule has 0 saturated carbocycles. The molecule has 0 heterocycles. The van der Waals surface area contributed by atoms with Gasteiger partial charge in [-0.3, -0.25) is 0 Å². The standard InChI is InChI=1S/C5H10F2OS/c1-9-3-2-4(8)5(6)7/h4-5,8H,2-3H2,1H3. The molecule has 56 valence electrons. The van der Waals surface area contributed by atoms with Crippen molar-refractivity contribution in [3.05, 3.63) is 0 Å². The Labute approximate surface area is 57.4 Å². The van der Waals surface area contributed by atoms with Crippen molar-refractivity contribution in [2.24, 2.45) is 0 Å². The number of aliphatic hydroxyl groups excluding tert-OH is 1. The normalized spacial score (nSPS) is 14.3. The van der Waals surface area contributed by atoms with Crippen LogP contribution in [0.25, 0.3) is 0 Å². The van der Waals surface area contributed by atoms with Crippen LogP contribution in [-0.4, -0.2) is 29.6 Å². The molecule has 4 heteroatoms. The molecule has 0 aromatic carbocycles. The average Bonchev–Trinajstić information content (AvgIpc) is 1.82. The molecule has 0 fully saturated rings. The van der Waals surface area contributed by atoms with Crippen LogP contribution >= 0.6 is 11.8 Å². The third-order valence-corrected chi connectivity index (χ3v) is 1.55. The zero-order chi connectivity index (χ0) is 7.28. The van der Waals surface area contributed by atoms with Crippen LogP contribution in [0.4, 0.5) is 8.78 Å². The molecule has 1 N–H and O–H groups in total. The SMILES string of the molecule is CSCCC(O)C(F)F. The van der Waals surface area contributed by atoms with Gasteiger partial charge in [0.25, 0.3) is 6.43 Å². The fourth-order valence-electron chi connectivity index (χ4n) is 0.365. The summed E-state index contributed by atoms with van der Waals surface area (Å²) in [5, 5.41) is 8.49. The second-order valence-corrected chi connectivity index (χ2v) is 2.67. The maximum absolute atomic E-state index is 11.5. The number of rotatable bonds is 4. The highest BCUT2D eigenvalue weighted by atomic mass is 32.2. The molecule has 0 bridgehead atoms. The number of alkyl halides is 2. The number of aliphatic hydroxyl groups is 1. The van der Waals surface area contributed by atoms with Crippen LogP contribution in [-0.2, 0) is 0 Å². The smallest absolute Gasteiger partial charge is 0.264 e. The highest BCUT2D eigenvalue weighted by Gasteiger charge is 2.14. The highest BCUT2D eigenvalue weighted by molar-refractivity contribution is 7.98. The lowest BCUT2D eigenvalue weighted by molar-refractivity contribution is -0.00528. The van der Waals surface area contributed by atoms with E-state index in [2.05, 4.69) is 0 Å². The largest absolute Gasteiger partial charge is 0.387 e. The molecule has 0 amide bonds. The minimum Gasteiger partial charge on any atom is -0.387 e. The van der Waals surface area contributed by atoms with E-state index in [4.69, 9.17) is 5.11 Å². The van der Waals surface area contributed by atoms with Gasteiger partial charge in [0.2, 0.25) is 0 Å². The minimum absolute atomic E-state index is 0.179. The van der Waals surface area contributed by atoms with Gasteiger partial charge in [-0.05, 0) is 18.4 Å². The third-order valence-electron chi connectivity index (χ3n) is 0.909. The first-order chi connectivity index (χ1) is 4.18. The Morgan fingerprint density at radius 2 is 2.11 bits per heavy atom. The lowest BCUT2D eigenvalue weighted by atomic mass is 10.3. The number of hydrogen-bond acceptors (Lipinski definition) is 2. The molecule has 0 aromatic rings. The van der Waals surface area contributed by atoms with Crippen molar-refractivity contribution in [3.8, 4) is 0 Å². The molecule has 0 rings (SSSR count). The zero-order valence-electron chi connectivity index (χ0n) is 5.18. The quantitative estimate of drug-likeness (QED) is 0.663. The molecular formula is C5H10F2OS. The van der Waals surface area contributed by atoms with E-state index in [1.807, 2.05) is 6.26 Å². The van der Waals surface area contributed by atoms with Gasteiger partial charge in [0.05, 0.1) is 0 Å². The van der Waals surface area contributed by atoms with Crippen molar-refractivity contribution >= 4 is 11.8 Å². The van der Waals surface area contributed by atoms with Crippen LogP contribution in [0.5, 0.6) is 0 Å². The molecule has 0 spiro atoms. The monoisotopic (exact) mass is 156 g/mol. The second kappa shape index (κ2) is 4.99. The molecular weight excluding hydrogens is 146 g/mol. The summed E-state index contributed by atoms with van der Waals surface area (Å²) in [6.07, 6.45) is -2.02. The molecule has 9 heavy (non-hydrogen) atoms. The molecule has 1 unspecified atom stereocenters. The first-order valence-corrected chi connectivity index (χ1v) is 4.03. The predicted molar refractivity (Wildman–Crippen MR) is 35.0 cm³/mol.